The van der Waals surface area contributed by atoms with Crippen LogP contribution in [-0.4, -0.2) is 15.7 Å². The Labute approximate surface area is 141 Å². The SMILES string of the molecule is C[C@@H](NC(=O)Cn1ncc(Cl)c(Cl)c1=O)c1cccc(Cl)c1. The summed E-state index contributed by atoms with van der Waals surface area (Å²) in [6, 6.07) is 6.89. The number of rotatable bonds is 4. The molecule has 1 amide bonds. The van der Waals surface area contributed by atoms with Crippen LogP contribution in [0, 0.1) is 0 Å². The number of hydrogen-bond donors (Lipinski definition) is 1. The summed E-state index contributed by atoms with van der Waals surface area (Å²) in [5.74, 6) is -0.375. The summed E-state index contributed by atoms with van der Waals surface area (Å²) >= 11 is 17.3. The number of halogens is 3. The first-order chi connectivity index (χ1) is 10.4. The molecule has 2 aromatic rings. The van der Waals surface area contributed by atoms with Gasteiger partial charge in [-0.3, -0.25) is 9.59 Å². The molecule has 2 rings (SSSR count). The lowest BCUT2D eigenvalue weighted by atomic mass is 10.1. The van der Waals surface area contributed by atoms with E-state index in [1.54, 1.807) is 18.2 Å². The van der Waals surface area contributed by atoms with Crippen molar-refractivity contribution >= 4 is 40.7 Å². The van der Waals surface area contributed by atoms with Gasteiger partial charge in [0.25, 0.3) is 5.56 Å². The Kier molecular flexibility index (Phi) is 5.45. The first-order valence-electron chi connectivity index (χ1n) is 6.34. The third-order valence-corrected chi connectivity index (χ3v) is 3.95. The molecule has 0 saturated heterocycles. The molecular weight excluding hydrogens is 349 g/mol. The van der Waals surface area contributed by atoms with Crippen LogP contribution in [0.25, 0.3) is 0 Å². The lowest BCUT2D eigenvalue weighted by Gasteiger charge is -2.15. The predicted octanol–water partition coefficient (Wildman–Crippen LogP) is 3.08. The summed E-state index contributed by atoms with van der Waals surface area (Å²) in [5.41, 5.74) is 0.245. The van der Waals surface area contributed by atoms with Gasteiger partial charge >= 0.3 is 0 Å². The van der Waals surface area contributed by atoms with E-state index in [9.17, 15) is 9.59 Å². The highest BCUT2D eigenvalue weighted by molar-refractivity contribution is 6.41. The minimum Gasteiger partial charge on any atom is -0.348 e. The summed E-state index contributed by atoms with van der Waals surface area (Å²) in [5, 5.41) is 7.01. The molecule has 1 heterocycles. The van der Waals surface area contributed by atoms with Crippen LogP contribution in [0.5, 0.6) is 0 Å². The van der Waals surface area contributed by atoms with Crippen molar-refractivity contribution in [1.82, 2.24) is 15.1 Å². The van der Waals surface area contributed by atoms with Gasteiger partial charge in [0, 0.05) is 5.02 Å². The third kappa shape index (κ3) is 4.00. The number of aromatic nitrogens is 2. The zero-order valence-corrected chi connectivity index (χ0v) is 13.8. The lowest BCUT2D eigenvalue weighted by molar-refractivity contribution is -0.122. The van der Waals surface area contributed by atoms with Crippen LogP contribution >= 0.6 is 34.8 Å². The average Bonchev–Trinajstić information content (AvgIpc) is 2.48. The van der Waals surface area contributed by atoms with Crippen molar-refractivity contribution in [2.75, 3.05) is 0 Å². The third-order valence-electron chi connectivity index (χ3n) is 2.96. The normalized spacial score (nSPS) is 12.0. The molecule has 0 aliphatic rings. The summed E-state index contributed by atoms with van der Waals surface area (Å²) in [7, 11) is 0. The molecule has 0 bridgehead atoms. The van der Waals surface area contributed by atoms with Crippen molar-refractivity contribution in [3.8, 4) is 0 Å². The number of carbonyl (C=O) groups excluding carboxylic acids is 1. The van der Waals surface area contributed by atoms with Crippen LogP contribution in [0.3, 0.4) is 0 Å². The molecule has 1 N–H and O–H groups in total. The van der Waals surface area contributed by atoms with Gasteiger partial charge in [0.05, 0.1) is 17.3 Å². The summed E-state index contributed by atoms with van der Waals surface area (Å²) in [6.45, 7) is 1.56. The minimum absolute atomic E-state index is 0.0515. The molecular formula is C14H12Cl3N3O2. The molecule has 1 aromatic carbocycles. The maximum Gasteiger partial charge on any atom is 0.287 e. The summed E-state index contributed by atoms with van der Waals surface area (Å²) < 4.78 is 0.953. The second kappa shape index (κ2) is 7.13. The highest BCUT2D eigenvalue weighted by Gasteiger charge is 2.13. The van der Waals surface area contributed by atoms with Crippen molar-refractivity contribution in [3.05, 3.63) is 61.4 Å². The van der Waals surface area contributed by atoms with Crippen LogP contribution in [0.4, 0.5) is 0 Å². The maximum absolute atomic E-state index is 12.0. The molecule has 1 atom stereocenters. The van der Waals surface area contributed by atoms with E-state index in [4.69, 9.17) is 34.8 Å². The Morgan fingerprint density at radius 2 is 2.09 bits per heavy atom. The quantitative estimate of drug-likeness (QED) is 0.911. The van der Waals surface area contributed by atoms with Gasteiger partial charge in [-0.2, -0.15) is 5.10 Å². The van der Waals surface area contributed by atoms with Gasteiger partial charge in [-0.15, -0.1) is 0 Å². The lowest BCUT2D eigenvalue weighted by Crippen LogP contribution is -2.35. The molecule has 8 heteroatoms. The largest absolute Gasteiger partial charge is 0.348 e. The predicted molar refractivity (Wildman–Crippen MR) is 86.5 cm³/mol. The second-order valence-corrected chi connectivity index (χ2v) is 5.84. The Morgan fingerprint density at radius 3 is 2.77 bits per heavy atom. The minimum atomic E-state index is -0.611. The molecule has 0 saturated carbocycles. The molecule has 5 nitrogen and oxygen atoms in total. The van der Waals surface area contributed by atoms with Gasteiger partial charge < -0.3 is 5.32 Å². The monoisotopic (exact) mass is 359 g/mol. The van der Waals surface area contributed by atoms with Crippen molar-refractivity contribution in [1.29, 1.82) is 0 Å². The van der Waals surface area contributed by atoms with Crippen LogP contribution in [0.15, 0.2) is 35.3 Å². The van der Waals surface area contributed by atoms with Gasteiger partial charge in [0.1, 0.15) is 11.6 Å². The molecule has 0 fully saturated rings. The van der Waals surface area contributed by atoms with Crippen molar-refractivity contribution in [2.24, 2.45) is 0 Å². The summed E-state index contributed by atoms with van der Waals surface area (Å²) in [4.78, 5) is 23.8. The number of nitrogens with one attached hydrogen (secondary N) is 1. The van der Waals surface area contributed by atoms with E-state index in [2.05, 4.69) is 10.4 Å². The van der Waals surface area contributed by atoms with Gasteiger partial charge in [-0.05, 0) is 24.6 Å². The first-order valence-corrected chi connectivity index (χ1v) is 7.48. The van der Waals surface area contributed by atoms with Crippen molar-refractivity contribution in [3.63, 3.8) is 0 Å². The van der Waals surface area contributed by atoms with Crippen LogP contribution in [0.2, 0.25) is 15.1 Å². The van der Waals surface area contributed by atoms with E-state index >= 15 is 0 Å². The van der Waals surface area contributed by atoms with E-state index in [-0.39, 0.29) is 28.5 Å². The van der Waals surface area contributed by atoms with Gasteiger partial charge in [0.15, 0.2) is 0 Å². The molecule has 22 heavy (non-hydrogen) atoms. The van der Waals surface area contributed by atoms with Crippen LogP contribution < -0.4 is 10.9 Å². The van der Waals surface area contributed by atoms with E-state index in [1.165, 1.54) is 6.20 Å². The molecule has 0 unspecified atom stereocenters. The summed E-state index contributed by atoms with van der Waals surface area (Å²) in [6.07, 6.45) is 1.22. The Balaban J connectivity index is 2.07. The first kappa shape index (κ1) is 16.8. The fourth-order valence-electron chi connectivity index (χ4n) is 1.84. The molecule has 0 spiro atoms. The van der Waals surface area contributed by atoms with E-state index in [1.807, 2.05) is 13.0 Å². The van der Waals surface area contributed by atoms with E-state index in [0.717, 1.165) is 10.2 Å². The molecule has 116 valence electrons. The number of nitrogens with zero attached hydrogens (tertiary/aromatic N) is 2. The zero-order valence-electron chi connectivity index (χ0n) is 11.5. The molecule has 0 aliphatic heterocycles. The molecule has 1 aromatic heterocycles. The van der Waals surface area contributed by atoms with Crippen LogP contribution in [0.1, 0.15) is 18.5 Å². The number of carbonyl (C=O) groups is 1. The van der Waals surface area contributed by atoms with Crippen molar-refractivity contribution in [2.45, 2.75) is 19.5 Å². The maximum atomic E-state index is 12.0. The Morgan fingerprint density at radius 1 is 1.36 bits per heavy atom. The fourth-order valence-corrected chi connectivity index (χ4v) is 2.31. The number of benzene rings is 1. The van der Waals surface area contributed by atoms with Crippen molar-refractivity contribution < 1.29 is 4.79 Å². The molecule has 0 aliphatic carbocycles. The van der Waals surface area contributed by atoms with Crippen LogP contribution in [-0.2, 0) is 11.3 Å². The number of hydrogen-bond acceptors (Lipinski definition) is 3. The Bertz CT molecular complexity index is 761. The average molecular weight is 361 g/mol. The smallest absolute Gasteiger partial charge is 0.287 e. The second-order valence-electron chi connectivity index (χ2n) is 4.61. The van der Waals surface area contributed by atoms with Gasteiger partial charge in [-0.25, -0.2) is 4.68 Å². The topological polar surface area (TPSA) is 64.0 Å². The van der Waals surface area contributed by atoms with Gasteiger partial charge in [0.2, 0.25) is 5.91 Å². The standard InChI is InChI=1S/C14H12Cl3N3O2/c1-8(9-3-2-4-10(15)5-9)19-12(21)7-20-14(22)13(17)11(16)6-18-20/h2-6,8H,7H2,1H3,(H,19,21)/t8-/m1/s1. The van der Waals surface area contributed by atoms with Gasteiger partial charge in [-0.1, -0.05) is 46.9 Å². The highest BCUT2D eigenvalue weighted by Crippen LogP contribution is 2.17. The van der Waals surface area contributed by atoms with E-state index in [0.29, 0.717) is 5.02 Å². The Hall–Kier alpha value is -1.56. The highest BCUT2D eigenvalue weighted by atomic mass is 35.5. The molecule has 0 radical (unpaired) electrons. The van der Waals surface area contributed by atoms with E-state index < -0.39 is 5.56 Å². The number of amides is 1. The zero-order chi connectivity index (χ0) is 16.3. The fraction of sp³-hybridized carbons (Fsp3) is 0.214.